The molecule has 12 heavy (non-hydrogen) atoms. The van der Waals surface area contributed by atoms with Crippen molar-refractivity contribution in [3.8, 4) is 0 Å². The summed E-state index contributed by atoms with van der Waals surface area (Å²) in [4.78, 5) is 17.2. The Morgan fingerprint density at radius 2 is 1.58 bits per heavy atom. The molecule has 0 aliphatic carbocycles. The summed E-state index contributed by atoms with van der Waals surface area (Å²) < 4.78 is 15.5. The van der Waals surface area contributed by atoms with E-state index in [1.165, 1.54) is 0 Å². The van der Waals surface area contributed by atoms with Gasteiger partial charge in [0.2, 0.25) is 5.72 Å². The number of quaternary nitrogens is 1. The Labute approximate surface area is 72.8 Å². The van der Waals surface area contributed by atoms with E-state index in [1.54, 1.807) is 35.0 Å². The van der Waals surface area contributed by atoms with Gasteiger partial charge in [0.25, 0.3) is 0 Å². The Balaban J connectivity index is 4.56. The molecule has 0 aromatic rings. The summed E-state index contributed by atoms with van der Waals surface area (Å²) in [6.07, 6.45) is 0. The number of phosphoric acid groups is 1. The van der Waals surface area contributed by atoms with Gasteiger partial charge in [0.15, 0.2) is 0 Å². The van der Waals surface area contributed by atoms with Crippen molar-refractivity contribution >= 4 is 7.82 Å². The van der Waals surface area contributed by atoms with Crippen LogP contribution in [0.1, 0.15) is 13.8 Å². The molecule has 0 saturated heterocycles. The van der Waals surface area contributed by atoms with Crippen LogP contribution in [0, 0.1) is 0 Å². The molecule has 0 atom stereocenters. The predicted molar refractivity (Wildman–Crippen MR) is 45.2 cm³/mol. The van der Waals surface area contributed by atoms with Crippen LogP contribution in [-0.2, 0) is 9.09 Å². The summed E-state index contributed by atoms with van der Waals surface area (Å²) in [6, 6.07) is 0. The van der Waals surface area contributed by atoms with Crippen LogP contribution in [0.25, 0.3) is 0 Å². The van der Waals surface area contributed by atoms with E-state index in [-0.39, 0.29) is 0 Å². The Bertz CT molecular complexity index is 202. The fraction of sp³-hybridized carbons (Fsp3) is 1.00. The summed E-state index contributed by atoms with van der Waals surface area (Å²) in [6.45, 7) is 3.26. The van der Waals surface area contributed by atoms with Gasteiger partial charge >= 0.3 is 7.82 Å². The van der Waals surface area contributed by atoms with E-state index < -0.39 is 13.5 Å². The number of hydrogen-bond acceptors (Lipinski definition) is 2. The number of hydrogen-bond donors (Lipinski definition) is 2. The van der Waals surface area contributed by atoms with Crippen LogP contribution in [0.3, 0.4) is 0 Å². The molecule has 0 fully saturated rings. The molecule has 0 spiro atoms. The molecule has 2 N–H and O–H groups in total. The second-order valence-electron chi connectivity index (χ2n) is 4.04. The van der Waals surface area contributed by atoms with Crippen molar-refractivity contribution in [1.82, 2.24) is 0 Å². The van der Waals surface area contributed by atoms with E-state index in [4.69, 9.17) is 9.79 Å². The number of nitrogens with zero attached hydrogens (tertiary/aromatic N) is 1. The molecule has 74 valence electrons. The maximum Gasteiger partial charge on any atom is 0.474 e. The molecule has 0 bridgehead atoms. The third-order valence-corrected chi connectivity index (χ3v) is 2.64. The number of rotatable bonds is 3. The summed E-state index contributed by atoms with van der Waals surface area (Å²) in [7, 11) is 1.00. The zero-order valence-corrected chi connectivity index (χ0v) is 9.00. The SMILES string of the molecule is CC(C)(OP(=O)(O)O)[N+](C)(C)C. The van der Waals surface area contributed by atoms with Crippen molar-refractivity contribution < 1.29 is 23.4 Å². The standard InChI is InChI=1S/C6H16NO4P/c1-6(2,7(3,4)5)11-12(8,9)10/h1-5H3,(H-,8,9,10)/p+1. The second-order valence-corrected chi connectivity index (χ2v) is 5.20. The van der Waals surface area contributed by atoms with E-state index in [0.717, 1.165) is 0 Å². The summed E-state index contributed by atoms with van der Waals surface area (Å²) >= 11 is 0. The van der Waals surface area contributed by atoms with E-state index in [2.05, 4.69) is 4.52 Å². The smallest absolute Gasteiger partial charge is 0.303 e. The fourth-order valence-electron chi connectivity index (χ4n) is 0.413. The quantitative estimate of drug-likeness (QED) is 0.394. The molecule has 0 aliphatic heterocycles. The molecule has 0 aromatic heterocycles. The second kappa shape index (κ2) is 3.09. The molecule has 5 nitrogen and oxygen atoms in total. The highest BCUT2D eigenvalue weighted by molar-refractivity contribution is 7.46. The number of phosphoric ester groups is 1. The minimum absolute atomic E-state index is 0.318. The molecule has 0 radical (unpaired) electrons. The third-order valence-electron chi connectivity index (χ3n) is 1.96. The van der Waals surface area contributed by atoms with Crippen LogP contribution in [0.15, 0.2) is 0 Å². The highest BCUT2D eigenvalue weighted by Crippen LogP contribution is 2.43. The van der Waals surface area contributed by atoms with Gasteiger partial charge in [-0.05, 0) is 0 Å². The van der Waals surface area contributed by atoms with Gasteiger partial charge < -0.3 is 14.3 Å². The summed E-state index contributed by atoms with van der Waals surface area (Å²) in [5.74, 6) is 0. The first kappa shape index (κ1) is 12.1. The van der Waals surface area contributed by atoms with Gasteiger partial charge in [-0.2, -0.15) is 0 Å². The van der Waals surface area contributed by atoms with Crippen molar-refractivity contribution in [2.75, 3.05) is 21.1 Å². The predicted octanol–water partition coefficient (Wildman–Crippen LogP) is 0.538. The van der Waals surface area contributed by atoms with Gasteiger partial charge in [0, 0.05) is 13.8 Å². The van der Waals surface area contributed by atoms with Crippen LogP contribution < -0.4 is 0 Å². The van der Waals surface area contributed by atoms with Crippen LogP contribution in [0.2, 0.25) is 0 Å². The highest BCUT2D eigenvalue weighted by Gasteiger charge is 2.40. The van der Waals surface area contributed by atoms with E-state index in [1.807, 2.05) is 0 Å². The van der Waals surface area contributed by atoms with Crippen molar-refractivity contribution in [3.05, 3.63) is 0 Å². The van der Waals surface area contributed by atoms with Crippen LogP contribution in [-0.4, -0.2) is 41.1 Å². The molecule has 0 aliphatic rings. The van der Waals surface area contributed by atoms with Crippen molar-refractivity contribution in [1.29, 1.82) is 0 Å². The van der Waals surface area contributed by atoms with E-state index in [9.17, 15) is 4.57 Å². The highest BCUT2D eigenvalue weighted by atomic mass is 31.2. The molecule has 0 amide bonds. The monoisotopic (exact) mass is 198 g/mol. The first-order valence-corrected chi connectivity index (χ1v) is 5.06. The van der Waals surface area contributed by atoms with E-state index >= 15 is 0 Å². The zero-order valence-electron chi connectivity index (χ0n) is 8.11. The van der Waals surface area contributed by atoms with Gasteiger partial charge in [-0.15, -0.1) is 0 Å². The van der Waals surface area contributed by atoms with Gasteiger partial charge in [-0.25, -0.2) is 9.09 Å². The lowest BCUT2D eigenvalue weighted by Crippen LogP contribution is -2.54. The van der Waals surface area contributed by atoms with Gasteiger partial charge in [-0.3, -0.25) is 0 Å². The van der Waals surface area contributed by atoms with Crippen LogP contribution in [0.5, 0.6) is 0 Å². The average molecular weight is 198 g/mol. The van der Waals surface area contributed by atoms with Crippen molar-refractivity contribution in [2.24, 2.45) is 0 Å². The Morgan fingerprint density at radius 3 is 1.67 bits per heavy atom. The maximum atomic E-state index is 10.6. The molecule has 0 unspecified atom stereocenters. The van der Waals surface area contributed by atoms with Crippen LogP contribution >= 0.6 is 7.82 Å². The van der Waals surface area contributed by atoms with Gasteiger partial charge in [-0.1, -0.05) is 0 Å². The summed E-state index contributed by atoms with van der Waals surface area (Å²) in [5, 5.41) is 0. The minimum Gasteiger partial charge on any atom is -0.303 e. The lowest BCUT2D eigenvalue weighted by molar-refractivity contribution is -0.941. The maximum absolute atomic E-state index is 10.6. The topological polar surface area (TPSA) is 66.8 Å². The molecule has 0 aromatic carbocycles. The Hall–Kier alpha value is 0.0700. The molecular formula is C6H17NO4P+. The average Bonchev–Trinajstić information content (AvgIpc) is 1.52. The minimum atomic E-state index is -4.40. The summed E-state index contributed by atoms with van der Waals surface area (Å²) in [5.41, 5.74) is -0.904. The first-order chi connectivity index (χ1) is 4.96. The molecule has 0 rings (SSSR count). The van der Waals surface area contributed by atoms with E-state index in [0.29, 0.717) is 4.48 Å². The van der Waals surface area contributed by atoms with Crippen molar-refractivity contribution in [3.63, 3.8) is 0 Å². The Kier molecular flexibility index (Phi) is 3.10. The molecule has 6 heteroatoms. The van der Waals surface area contributed by atoms with Gasteiger partial charge in [0.05, 0.1) is 21.1 Å². The zero-order chi connectivity index (χ0) is 10.2. The fourth-order valence-corrected chi connectivity index (χ4v) is 1.24. The Morgan fingerprint density at radius 1 is 1.25 bits per heavy atom. The molecule has 0 saturated carbocycles. The lowest BCUT2D eigenvalue weighted by atomic mass is 10.2. The van der Waals surface area contributed by atoms with Gasteiger partial charge in [0.1, 0.15) is 0 Å². The van der Waals surface area contributed by atoms with Crippen LogP contribution in [0.4, 0.5) is 0 Å². The first-order valence-electron chi connectivity index (χ1n) is 3.53. The largest absolute Gasteiger partial charge is 0.474 e. The normalized spacial score (nSPS) is 14.9. The molecule has 0 heterocycles. The lowest BCUT2D eigenvalue weighted by Gasteiger charge is -2.40. The van der Waals surface area contributed by atoms with Crippen molar-refractivity contribution in [2.45, 2.75) is 19.6 Å². The third kappa shape index (κ3) is 3.65. The molecular weight excluding hydrogens is 181 g/mol.